The largest absolute Gasteiger partial charge is 4.00 e. The summed E-state index contributed by atoms with van der Waals surface area (Å²) in [4.78, 5) is 54.9. The van der Waals surface area contributed by atoms with E-state index < -0.39 is 54.6 Å². The van der Waals surface area contributed by atoms with Crippen molar-refractivity contribution in [2.45, 2.75) is 24.5 Å². The molecule has 6 atom stereocenters. The molecule has 0 aliphatic carbocycles. The van der Waals surface area contributed by atoms with Crippen LogP contribution in [0.15, 0.2) is 12.7 Å². The summed E-state index contributed by atoms with van der Waals surface area (Å²) < 4.78 is 50.2. The maximum absolute atomic E-state index is 11.6. The molecule has 0 spiro atoms. The summed E-state index contributed by atoms with van der Waals surface area (Å²) in [5, 5.41) is 20.3. The quantitative estimate of drug-likeness (QED) is 0.201. The molecule has 3 rings (SSSR count). The van der Waals surface area contributed by atoms with E-state index in [4.69, 9.17) is 10.5 Å². The minimum Gasteiger partial charge on any atom is -0.790 e. The predicted molar refractivity (Wildman–Crippen MR) is 86.6 cm³/mol. The predicted octanol–water partition coefficient (Wildman–Crippen LogP) is -4.16. The molecule has 181 valence electrons. The Balaban J connectivity index is 0.00000363. The van der Waals surface area contributed by atoms with Crippen molar-refractivity contribution in [3.8, 4) is 0 Å². The smallest absolute Gasteiger partial charge is 0.790 e. The van der Waals surface area contributed by atoms with Gasteiger partial charge in [0.05, 0.1) is 20.8 Å². The van der Waals surface area contributed by atoms with Crippen molar-refractivity contribution in [2.75, 3.05) is 12.3 Å². The van der Waals surface area contributed by atoms with Crippen molar-refractivity contribution >= 4 is 40.4 Å². The number of aromatic nitrogens is 4. The maximum atomic E-state index is 11.6. The molecule has 2 aromatic heterocycles. The summed E-state index contributed by atoms with van der Waals surface area (Å²) in [7, 11) is -18.1. The Morgan fingerprint density at radius 2 is 1.72 bits per heavy atom. The Morgan fingerprint density at radius 3 is 2.34 bits per heavy atom. The van der Waals surface area contributed by atoms with E-state index in [0.717, 1.165) is 12.7 Å². The summed E-state index contributed by atoms with van der Waals surface area (Å²) in [6.45, 7) is -1.08. The Morgan fingerprint density at radius 1 is 1.06 bits per heavy atom. The van der Waals surface area contributed by atoms with Gasteiger partial charge in [-0.1, -0.05) is 0 Å². The van der Waals surface area contributed by atoms with Crippen molar-refractivity contribution in [2.24, 2.45) is 0 Å². The number of imidazole rings is 1. The number of ether oxygens (including phenoxy) is 1. The summed E-state index contributed by atoms with van der Waals surface area (Å²) >= 11 is 0. The number of aliphatic hydroxyl groups is 2. The average Bonchev–Trinajstić information content (AvgIpc) is 3.13. The summed E-state index contributed by atoms with van der Waals surface area (Å²) in [5.74, 6) is 0.0195. The number of rotatable bonds is 8. The number of nitrogen functional groups attached to an aromatic ring is 1. The third-order valence-electron chi connectivity index (χ3n) is 3.80. The van der Waals surface area contributed by atoms with Crippen molar-refractivity contribution in [3.63, 3.8) is 0 Å². The van der Waals surface area contributed by atoms with Gasteiger partial charge in [-0.3, -0.25) is 18.0 Å². The average molecular weight is 567 g/mol. The van der Waals surface area contributed by atoms with Crippen molar-refractivity contribution in [3.05, 3.63) is 12.7 Å². The van der Waals surface area contributed by atoms with Crippen LogP contribution >= 0.6 is 23.5 Å². The van der Waals surface area contributed by atoms with E-state index in [0.29, 0.717) is 0 Å². The number of aliphatic hydroxyl groups excluding tert-OH is 2. The van der Waals surface area contributed by atoms with E-state index in [2.05, 4.69) is 28.1 Å². The monoisotopic (exact) mass is 566 g/mol. The summed E-state index contributed by atoms with van der Waals surface area (Å²) in [6.07, 6.45) is -3.99. The van der Waals surface area contributed by atoms with E-state index >= 15 is 0 Å². The van der Waals surface area contributed by atoms with Crippen LogP contribution in [0.2, 0.25) is 0 Å². The van der Waals surface area contributed by atoms with Gasteiger partial charge in [-0.15, -0.1) is 0 Å². The summed E-state index contributed by atoms with van der Waals surface area (Å²) in [5.41, 5.74) is 5.92. The van der Waals surface area contributed by atoms with Gasteiger partial charge in [0, 0.05) is 0 Å². The minimum absolute atomic E-state index is 0. The van der Waals surface area contributed by atoms with Gasteiger partial charge in [-0.25, -0.2) is 19.3 Å². The summed E-state index contributed by atoms with van der Waals surface area (Å²) in [6, 6.07) is 0. The molecule has 1 saturated heterocycles. The standard InChI is InChI=1S/C10H16N5O13P3.Cu/c11-8-5-9(13-2-12-8)15(3-14-5)10-7(17)6(16)4(26-10)1-25-30(21,22)28-31(23,24)27-29(18,19)20;/h2-4,6-7,10,16-17H,1H2,(H,21,22)(H,23,24)(H2,11,12,13)(H2,18,19,20);/q;+4/p-4/t4-,6-,7-,10-;/m1./s1. The number of nitrogens with zero attached hydrogens (tertiary/aromatic N) is 4. The van der Waals surface area contributed by atoms with Crippen LogP contribution in [-0.4, -0.2) is 54.7 Å². The Hall–Kier alpha value is -0.841. The molecule has 32 heavy (non-hydrogen) atoms. The molecule has 2 unspecified atom stereocenters. The Kier molecular flexibility index (Phi) is 8.39. The second kappa shape index (κ2) is 9.80. The zero-order valence-electron chi connectivity index (χ0n) is 15.1. The molecule has 3 heterocycles. The van der Waals surface area contributed by atoms with Gasteiger partial charge in [-0.05, 0) is 0 Å². The third-order valence-corrected chi connectivity index (χ3v) is 7.46. The van der Waals surface area contributed by atoms with E-state index in [1.165, 1.54) is 4.57 Å². The third kappa shape index (κ3) is 6.39. The number of nitrogens with two attached hydrogens (primary N) is 1. The second-order valence-corrected chi connectivity index (χ2v) is 10.2. The molecule has 0 saturated carbocycles. The zero-order valence-corrected chi connectivity index (χ0v) is 18.7. The van der Waals surface area contributed by atoms with E-state index in [-0.39, 0.29) is 34.1 Å². The van der Waals surface area contributed by atoms with Crippen LogP contribution in [0.25, 0.3) is 11.2 Å². The number of hydrogen-bond acceptors (Lipinski definition) is 17. The van der Waals surface area contributed by atoms with Crippen LogP contribution in [0.4, 0.5) is 5.82 Å². The molecule has 0 aromatic carbocycles. The fourth-order valence-electron chi connectivity index (χ4n) is 2.60. The van der Waals surface area contributed by atoms with Crippen LogP contribution in [0.1, 0.15) is 6.23 Å². The first-order valence-corrected chi connectivity index (χ1v) is 12.2. The fraction of sp³-hybridized carbons (Fsp3) is 0.500. The van der Waals surface area contributed by atoms with Crippen LogP contribution < -0.4 is 25.3 Å². The number of fused-ring (bicyclic) bond motifs is 1. The van der Waals surface area contributed by atoms with E-state index in [1.807, 2.05) is 0 Å². The van der Waals surface area contributed by atoms with Gasteiger partial charge in [0.25, 0.3) is 15.6 Å². The van der Waals surface area contributed by atoms with Gasteiger partial charge in [0.15, 0.2) is 17.7 Å². The normalized spacial score (nSPS) is 27.6. The molecule has 1 aliphatic rings. The molecule has 0 bridgehead atoms. The molecule has 1 radical (unpaired) electrons. The van der Waals surface area contributed by atoms with Gasteiger partial charge in [0.2, 0.25) is 0 Å². The number of phosphoric acid groups is 3. The molecule has 22 heteroatoms. The molecule has 4 N–H and O–H groups in total. The second-order valence-electron chi connectivity index (χ2n) is 5.93. The topological polar surface area (TPSA) is 290 Å². The first kappa shape index (κ1) is 27.4. The number of hydrogen-bond donors (Lipinski definition) is 3. The van der Waals surface area contributed by atoms with E-state index in [9.17, 15) is 43.5 Å². The fourth-order valence-corrected chi connectivity index (χ4v) is 5.47. The first-order valence-electron chi connectivity index (χ1n) is 7.85. The van der Waals surface area contributed by atoms with Crippen molar-refractivity contribution in [1.29, 1.82) is 0 Å². The SMILES string of the molecule is Nc1ncnc2c1ncn2[C@@H]1O[C@H](COP(=O)([O-])OP(=O)([O-])OP(=O)([O-])[O-])[C@@H](O)[C@H]1O.[Cu+4]. The zero-order chi connectivity index (χ0) is 23.2. The molecule has 2 aromatic rings. The van der Waals surface area contributed by atoms with Crippen molar-refractivity contribution in [1.82, 2.24) is 19.5 Å². The van der Waals surface area contributed by atoms with Crippen LogP contribution in [-0.2, 0) is 48.6 Å². The molecular formula is C10H12CuN5O13P3. The Labute approximate surface area is 188 Å². The first-order chi connectivity index (χ1) is 14.2. The van der Waals surface area contributed by atoms with E-state index in [1.54, 1.807) is 0 Å². The van der Waals surface area contributed by atoms with Crippen molar-refractivity contribution < 1.29 is 78.4 Å². The molecule has 1 aliphatic heterocycles. The van der Waals surface area contributed by atoms with Crippen LogP contribution in [0.3, 0.4) is 0 Å². The van der Waals surface area contributed by atoms with Gasteiger partial charge >= 0.3 is 17.1 Å². The number of phosphoric ester groups is 1. The van der Waals surface area contributed by atoms with Gasteiger partial charge in [-0.2, -0.15) is 0 Å². The van der Waals surface area contributed by atoms with Crippen LogP contribution in [0.5, 0.6) is 0 Å². The maximum Gasteiger partial charge on any atom is 4.00 e. The van der Waals surface area contributed by atoms with Gasteiger partial charge in [0.1, 0.15) is 30.2 Å². The number of anilines is 1. The minimum atomic E-state index is -6.14. The molecular weight excluding hydrogens is 555 g/mol. The van der Waals surface area contributed by atoms with Crippen LogP contribution in [0, 0.1) is 0 Å². The molecule has 18 nitrogen and oxygen atoms in total. The molecule has 0 amide bonds. The molecule has 1 fully saturated rings. The van der Waals surface area contributed by atoms with Gasteiger partial charge < -0.3 is 49.3 Å². The Bertz CT molecular complexity index is 1110.